The van der Waals surface area contributed by atoms with E-state index in [1.165, 1.54) is 6.08 Å². The number of nitrogens with zero attached hydrogens (tertiary/aromatic N) is 3. The first-order chi connectivity index (χ1) is 11.2. The third kappa shape index (κ3) is 2.49. The summed E-state index contributed by atoms with van der Waals surface area (Å²) in [4.78, 5) is 25.1. The van der Waals surface area contributed by atoms with Crippen molar-refractivity contribution in [3.8, 4) is 6.07 Å². The molecule has 2 aromatic rings. The van der Waals surface area contributed by atoms with Crippen LogP contribution in [0.3, 0.4) is 0 Å². The molecule has 0 radical (unpaired) electrons. The topological polar surface area (TPSA) is 78.1 Å². The molecular weight excluding hydrogens is 292 g/mol. The second kappa shape index (κ2) is 5.81. The van der Waals surface area contributed by atoms with Gasteiger partial charge < -0.3 is 9.88 Å². The summed E-state index contributed by atoms with van der Waals surface area (Å²) >= 11 is 0. The van der Waals surface area contributed by atoms with Gasteiger partial charge in [0.2, 0.25) is 0 Å². The van der Waals surface area contributed by atoms with E-state index in [4.69, 9.17) is 5.26 Å². The Morgan fingerprint density at radius 1 is 1.30 bits per heavy atom. The van der Waals surface area contributed by atoms with Gasteiger partial charge in [-0.1, -0.05) is 24.3 Å². The first-order valence-corrected chi connectivity index (χ1v) is 7.06. The number of hydrogen-bond donors (Lipinski definition) is 1. The van der Waals surface area contributed by atoms with E-state index in [-0.39, 0.29) is 24.7 Å². The highest BCUT2D eigenvalue weighted by Gasteiger charge is 2.32. The van der Waals surface area contributed by atoms with Crippen LogP contribution >= 0.6 is 0 Å². The van der Waals surface area contributed by atoms with Gasteiger partial charge in [0.25, 0.3) is 5.91 Å². The van der Waals surface area contributed by atoms with Crippen molar-refractivity contribution in [1.82, 2.24) is 14.8 Å². The molecule has 6 nitrogen and oxygen atoms in total. The highest BCUT2D eigenvalue weighted by molar-refractivity contribution is 6.14. The maximum Gasteiger partial charge on any atom is 0.329 e. The van der Waals surface area contributed by atoms with E-state index in [1.807, 2.05) is 28.8 Å². The van der Waals surface area contributed by atoms with Crippen LogP contribution in [0, 0.1) is 11.3 Å². The van der Waals surface area contributed by atoms with Crippen LogP contribution in [0.1, 0.15) is 5.56 Å². The van der Waals surface area contributed by atoms with Crippen LogP contribution in [0.4, 0.5) is 4.79 Å². The first kappa shape index (κ1) is 14.6. The summed E-state index contributed by atoms with van der Waals surface area (Å²) in [6.45, 7) is 3.92. The fraction of sp³-hybridized carbons (Fsp3) is 0.118. The van der Waals surface area contributed by atoms with Crippen molar-refractivity contribution in [2.45, 2.75) is 6.54 Å². The zero-order valence-electron chi connectivity index (χ0n) is 12.3. The fourth-order valence-electron chi connectivity index (χ4n) is 2.62. The Morgan fingerprint density at radius 3 is 2.83 bits per heavy atom. The Bertz CT molecular complexity index is 886. The third-order valence-electron chi connectivity index (χ3n) is 3.63. The molecule has 1 N–H and O–H groups in total. The summed E-state index contributed by atoms with van der Waals surface area (Å²) in [6, 6.07) is 9.26. The number of rotatable bonds is 4. The van der Waals surface area contributed by atoms with Gasteiger partial charge in [-0.15, -0.1) is 6.58 Å². The van der Waals surface area contributed by atoms with E-state index in [0.29, 0.717) is 0 Å². The summed E-state index contributed by atoms with van der Waals surface area (Å²) in [5.74, 6) is -0.382. The van der Waals surface area contributed by atoms with Gasteiger partial charge in [0, 0.05) is 29.2 Å². The Hall–Kier alpha value is -3.33. The zero-order valence-corrected chi connectivity index (χ0v) is 12.3. The van der Waals surface area contributed by atoms with Gasteiger partial charge in [-0.2, -0.15) is 5.26 Å². The molecule has 1 aliphatic rings. The van der Waals surface area contributed by atoms with Gasteiger partial charge in [-0.05, 0) is 12.1 Å². The number of urea groups is 1. The molecule has 1 aliphatic heterocycles. The Balaban J connectivity index is 2.05. The minimum absolute atomic E-state index is 0.165. The molecule has 0 aliphatic carbocycles. The van der Waals surface area contributed by atoms with Crippen LogP contribution in [0.5, 0.6) is 0 Å². The lowest BCUT2D eigenvalue weighted by Gasteiger charge is -2.06. The van der Waals surface area contributed by atoms with Crippen LogP contribution in [0.25, 0.3) is 17.0 Å². The minimum Gasteiger partial charge on any atom is -0.333 e. The molecule has 0 saturated carbocycles. The van der Waals surface area contributed by atoms with Crippen molar-refractivity contribution in [3.05, 3.63) is 54.4 Å². The predicted molar refractivity (Wildman–Crippen MR) is 86.0 cm³/mol. The smallest absolute Gasteiger partial charge is 0.329 e. The normalized spacial score (nSPS) is 16.0. The SMILES string of the molecule is C=CCN1C(=O)N/C(=C/c2cn(CC#N)c3ccccc23)C1=O. The van der Waals surface area contributed by atoms with Gasteiger partial charge in [-0.25, -0.2) is 4.79 Å². The van der Waals surface area contributed by atoms with Crippen LogP contribution in [-0.2, 0) is 11.3 Å². The number of hydrogen-bond acceptors (Lipinski definition) is 3. The Labute approximate surface area is 132 Å². The number of fused-ring (bicyclic) bond motifs is 1. The molecule has 2 heterocycles. The van der Waals surface area contributed by atoms with Crippen molar-refractivity contribution < 1.29 is 9.59 Å². The minimum atomic E-state index is -0.457. The Kier molecular flexibility index (Phi) is 3.69. The molecule has 3 amide bonds. The van der Waals surface area contributed by atoms with Crippen molar-refractivity contribution in [1.29, 1.82) is 5.26 Å². The summed E-state index contributed by atoms with van der Waals surface area (Å²) in [5, 5.41) is 12.4. The Morgan fingerprint density at radius 2 is 2.09 bits per heavy atom. The van der Waals surface area contributed by atoms with E-state index >= 15 is 0 Å². The van der Waals surface area contributed by atoms with Gasteiger partial charge in [0.1, 0.15) is 12.2 Å². The lowest BCUT2D eigenvalue weighted by Crippen LogP contribution is -2.30. The maximum absolute atomic E-state index is 12.2. The molecule has 1 fully saturated rings. The maximum atomic E-state index is 12.2. The van der Waals surface area contributed by atoms with Gasteiger partial charge in [0.05, 0.1) is 6.07 Å². The number of amides is 3. The lowest BCUT2D eigenvalue weighted by molar-refractivity contribution is -0.122. The largest absolute Gasteiger partial charge is 0.333 e. The number of imide groups is 1. The molecule has 1 saturated heterocycles. The third-order valence-corrected chi connectivity index (χ3v) is 3.63. The molecule has 6 heteroatoms. The summed E-state index contributed by atoms with van der Waals surface area (Å²) < 4.78 is 1.81. The molecule has 1 aromatic carbocycles. The molecule has 0 unspecified atom stereocenters. The molecule has 3 rings (SSSR count). The standard InChI is InChI=1S/C17H14N4O2/c1-2-8-21-16(22)14(19-17(21)23)10-12-11-20(9-7-18)15-6-4-3-5-13(12)15/h2-6,10-11H,1,8-9H2,(H,19,23)/b14-10+. The average Bonchev–Trinajstić information content (AvgIpc) is 3.02. The van der Waals surface area contributed by atoms with Gasteiger partial charge >= 0.3 is 6.03 Å². The van der Waals surface area contributed by atoms with E-state index in [0.717, 1.165) is 21.4 Å². The highest BCUT2D eigenvalue weighted by Crippen LogP contribution is 2.24. The number of aromatic nitrogens is 1. The second-order valence-electron chi connectivity index (χ2n) is 5.08. The van der Waals surface area contributed by atoms with Crippen LogP contribution < -0.4 is 5.32 Å². The average molecular weight is 306 g/mol. The quantitative estimate of drug-likeness (QED) is 0.534. The van der Waals surface area contributed by atoms with Crippen molar-refractivity contribution in [3.63, 3.8) is 0 Å². The van der Waals surface area contributed by atoms with Gasteiger partial charge in [-0.3, -0.25) is 9.69 Å². The van der Waals surface area contributed by atoms with Crippen molar-refractivity contribution in [2.24, 2.45) is 0 Å². The zero-order chi connectivity index (χ0) is 16.4. The number of nitriles is 1. The van der Waals surface area contributed by atoms with E-state index in [2.05, 4.69) is 18.0 Å². The monoisotopic (exact) mass is 306 g/mol. The molecule has 0 atom stereocenters. The van der Waals surface area contributed by atoms with Crippen LogP contribution in [-0.4, -0.2) is 28.0 Å². The number of carbonyl (C=O) groups is 2. The van der Waals surface area contributed by atoms with Crippen molar-refractivity contribution >= 4 is 28.9 Å². The second-order valence-corrected chi connectivity index (χ2v) is 5.08. The van der Waals surface area contributed by atoms with Crippen LogP contribution in [0.2, 0.25) is 0 Å². The summed E-state index contributed by atoms with van der Waals surface area (Å²) in [5.41, 5.74) is 1.90. The predicted octanol–water partition coefficient (Wildman–Crippen LogP) is 2.24. The number of carbonyl (C=O) groups excluding carboxylic acids is 2. The molecule has 23 heavy (non-hydrogen) atoms. The van der Waals surface area contributed by atoms with Crippen molar-refractivity contribution in [2.75, 3.05) is 6.54 Å². The number of para-hydroxylation sites is 1. The fourth-order valence-corrected chi connectivity index (χ4v) is 2.62. The van der Waals surface area contributed by atoms with Gasteiger partial charge in [0.15, 0.2) is 0 Å². The first-order valence-electron chi connectivity index (χ1n) is 7.06. The molecule has 114 valence electrons. The lowest BCUT2D eigenvalue weighted by atomic mass is 10.1. The highest BCUT2D eigenvalue weighted by atomic mass is 16.2. The molecular formula is C17H14N4O2. The molecule has 1 aromatic heterocycles. The van der Waals surface area contributed by atoms with E-state index in [1.54, 1.807) is 12.3 Å². The van der Waals surface area contributed by atoms with E-state index < -0.39 is 6.03 Å². The molecule has 0 spiro atoms. The summed E-state index contributed by atoms with van der Waals surface area (Å²) in [6.07, 6.45) is 4.94. The molecule has 0 bridgehead atoms. The number of benzene rings is 1. The number of nitrogens with one attached hydrogen (secondary N) is 1. The summed E-state index contributed by atoms with van der Waals surface area (Å²) in [7, 11) is 0. The van der Waals surface area contributed by atoms with E-state index in [9.17, 15) is 9.59 Å². The van der Waals surface area contributed by atoms with Crippen LogP contribution in [0.15, 0.2) is 48.8 Å².